The summed E-state index contributed by atoms with van der Waals surface area (Å²) < 4.78 is 0. The molecule has 1 amide bonds. The van der Waals surface area contributed by atoms with Crippen molar-refractivity contribution in [2.24, 2.45) is 11.3 Å². The second kappa shape index (κ2) is 5.84. The van der Waals surface area contributed by atoms with Crippen molar-refractivity contribution >= 4 is 16.9 Å². The Kier molecular flexibility index (Phi) is 3.60. The third-order valence-electron chi connectivity index (χ3n) is 7.01. The molecule has 5 heteroatoms. The molecule has 2 heterocycles. The zero-order chi connectivity index (χ0) is 19.6. The molecule has 0 bridgehead atoms. The average Bonchev–Trinajstić information content (AvgIpc) is 3.27. The van der Waals surface area contributed by atoms with Gasteiger partial charge in [-0.3, -0.25) is 4.79 Å². The van der Waals surface area contributed by atoms with E-state index in [2.05, 4.69) is 35.6 Å². The number of benzene rings is 2. The number of piperidine rings is 1. The summed E-state index contributed by atoms with van der Waals surface area (Å²) in [6.07, 6.45) is 2.45. The first-order chi connectivity index (χ1) is 13.3. The molecule has 5 nitrogen and oxygen atoms in total. The number of imidazole rings is 1. The zero-order valence-corrected chi connectivity index (χ0v) is 16.4. The molecule has 1 fully saturated rings. The number of H-pyrrole nitrogens is 1. The predicted molar refractivity (Wildman–Crippen MR) is 108 cm³/mol. The number of phenolic OH excluding ortho intramolecular Hbond substituents is 1. The average molecular weight is 375 g/mol. The number of aromatic nitrogens is 2. The number of hydrogen-bond acceptors (Lipinski definition) is 3. The van der Waals surface area contributed by atoms with Crippen molar-refractivity contribution in [2.45, 2.75) is 39.2 Å². The molecule has 2 aromatic carbocycles. The van der Waals surface area contributed by atoms with E-state index in [0.29, 0.717) is 23.1 Å². The zero-order valence-electron chi connectivity index (χ0n) is 16.4. The number of amides is 1. The summed E-state index contributed by atoms with van der Waals surface area (Å²) >= 11 is 0. The highest BCUT2D eigenvalue weighted by molar-refractivity contribution is 5.97. The molecule has 3 atom stereocenters. The number of likely N-dealkylation sites (tertiary alicyclic amines) is 1. The third-order valence-corrected chi connectivity index (χ3v) is 7.01. The molecule has 144 valence electrons. The number of fused-ring (bicyclic) bond motifs is 4. The van der Waals surface area contributed by atoms with Crippen molar-refractivity contribution in [1.82, 2.24) is 14.9 Å². The van der Waals surface area contributed by atoms with Crippen molar-refractivity contribution < 1.29 is 9.90 Å². The molecule has 1 aliphatic carbocycles. The Labute approximate surface area is 164 Å². The number of rotatable bonds is 1. The van der Waals surface area contributed by atoms with Gasteiger partial charge >= 0.3 is 0 Å². The van der Waals surface area contributed by atoms with Gasteiger partial charge in [0.15, 0.2) is 0 Å². The van der Waals surface area contributed by atoms with Gasteiger partial charge in [0.1, 0.15) is 5.75 Å². The van der Waals surface area contributed by atoms with E-state index in [4.69, 9.17) is 0 Å². The fourth-order valence-electron chi connectivity index (χ4n) is 5.20. The summed E-state index contributed by atoms with van der Waals surface area (Å²) in [7, 11) is 0. The molecule has 0 radical (unpaired) electrons. The Morgan fingerprint density at radius 1 is 1.25 bits per heavy atom. The van der Waals surface area contributed by atoms with Crippen LogP contribution in [0.3, 0.4) is 0 Å². The van der Waals surface area contributed by atoms with Gasteiger partial charge in [0, 0.05) is 24.1 Å². The van der Waals surface area contributed by atoms with E-state index in [0.717, 1.165) is 24.0 Å². The summed E-state index contributed by atoms with van der Waals surface area (Å²) in [5.74, 6) is 1.11. The van der Waals surface area contributed by atoms with Crippen LogP contribution in [0, 0.1) is 11.3 Å². The van der Waals surface area contributed by atoms with E-state index in [1.54, 1.807) is 12.4 Å². The maximum Gasteiger partial charge on any atom is 0.254 e. The van der Waals surface area contributed by atoms with Gasteiger partial charge in [-0.05, 0) is 59.2 Å². The highest BCUT2D eigenvalue weighted by atomic mass is 16.3. The Balaban J connectivity index is 1.56. The Morgan fingerprint density at radius 2 is 2.07 bits per heavy atom. The van der Waals surface area contributed by atoms with E-state index in [1.807, 2.05) is 30.3 Å². The number of aromatic amines is 1. The number of carbonyl (C=O) groups excluding carboxylic acids is 1. The van der Waals surface area contributed by atoms with Crippen molar-refractivity contribution in [3.63, 3.8) is 0 Å². The fourth-order valence-corrected chi connectivity index (χ4v) is 5.20. The SMILES string of the molecule is CC1C2c3ccc(O)cc3CC2N(C(=O)c2ccc3nc[nH]c3c2)CC1(C)C. The van der Waals surface area contributed by atoms with Gasteiger partial charge in [-0.25, -0.2) is 4.98 Å². The largest absolute Gasteiger partial charge is 0.508 e. The van der Waals surface area contributed by atoms with E-state index in [-0.39, 0.29) is 17.4 Å². The minimum absolute atomic E-state index is 0.00834. The van der Waals surface area contributed by atoms with Crippen LogP contribution in [0.25, 0.3) is 11.0 Å². The van der Waals surface area contributed by atoms with Crippen molar-refractivity contribution in [2.75, 3.05) is 6.54 Å². The van der Waals surface area contributed by atoms with Gasteiger partial charge in [0.05, 0.1) is 17.4 Å². The van der Waals surface area contributed by atoms with Gasteiger partial charge in [0.2, 0.25) is 0 Å². The van der Waals surface area contributed by atoms with Crippen LogP contribution in [0.15, 0.2) is 42.7 Å². The van der Waals surface area contributed by atoms with Gasteiger partial charge in [-0.2, -0.15) is 0 Å². The van der Waals surface area contributed by atoms with Crippen LogP contribution in [-0.2, 0) is 6.42 Å². The van der Waals surface area contributed by atoms with Gasteiger partial charge < -0.3 is 15.0 Å². The second-order valence-corrected chi connectivity index (χ2v) is 9.03. The van der Waals surface area contributed by atoms with E-state index < -0.39 is 0 Å². The normalized spacial score (nSPS) is 25.5. The molecule has 3 unspecified atom stereocenters. The summed E-state index contributed by atoms with van der Waals surface area (Å²) in [5.41, 5.74) is 4.90. The maximum absolute atomic E-state index is 13.6. The molecule has 1 aliphatic heterocycles. The first-order valence-corrected chi connectivity index (χ1v) is 9.91. The molecule has 1 saturated heterocycles. The lowest BCUT2D eigenvalue weighted by Crippen LogP contribution is -2.56. The molecule has 0 saturated carbocycles. The third kappa shape index (κ3) is 2.45. The summed E-state index contributed by atoms with van der Waals surface area (Å²) in [5, 5.41) is 9.94. The number of aromatic hydroxyl groups is 1. The molecule has 1 aromatic heterocycles. The molecule has 2 aliphatic rings. The lowest BCUT2D eigenvalue weighted by atomic mass is 9.66. The molecule has 3 aromatic rings. The number of carbonyl (C=O) groups is 1. The first-order valence-electron chi connectivity index (χ1n) is 9.91. The summed E-state index contributed by atoms with van der Waals surface area (Å²) in [6, 6.07) is 11.5. The minimum atomic E-state index is 0.00834. The van der Waals surface area contributed by atoms with Crippen LogP contribution >= 0.6 is 0 Å². The standard InChI is InChI=1S/C23H25N3O2/c1-13-21-17-6-5-16(27)8-15(17)10-20(21)26(11-23(13,2)3)22(28)14-4-7-18-19(9-14)25-12-24-18/h4-9,12-13,20-21,27H,10-11H2,1-3H3,(H,24,25). The van der Waals surface area contributed by atoms with Crippen molar-refractivity contribution in [1.29, 1.82) is 0 Å². The Bertz CT molecular complexity index is 1080. The van der Waals surface area contributed by atoms with Crippen LogP contribution in [0.4, 0.5) is 0 Å². The lowest BCUT2D eigenvalue weighted by Gasteiger charge is -2.50. The second-order valence-electron chi connectivity index (χ2n) is 9.03. The highest BCUT2D eigenvalue weighted by Crippen LogP contribution is 2.52. The molecular formula is C23H25N3O2. The van der Waals surface area contributed by atoms with Gasteiger partial charge in [-0.1, -0.05) is 26.8 Å². The first kappa shape index (κ1) is 17.3. The quantitative estimate of drug-likeness (QED) is 0.673. The van der Waals surface area contributed by atoms with Crippen LogP contribution < -0.4 is 0 Å². The topological polar surface area (TPSA) is 69.2 Å². The van der Waals surface area contributed by atoms with Crippen molar-refractivity contribution in [3.8, 4) is 5.75 Å². The molecule has 2 N–H and O–H groups in total. The minimum Gasteiger partial charge on any atom is -0.508 e. The summed E-state index contributed by atoms with van der Waals surface area (Å²) in [4.78, 5) is 23.0. The highest BCUT2D eigenvalue weighted by Gasteiger charge is 2.51. The van der Waals surface area contributed by atoms with Gasteiger partial charge in [0.25, 0.3) is 5.91 Å². The smallest absolute Gasteiger partial charge is 0.254 e. The number of nitrogens with one attached hydrogen (secondary N) is 1. The van der Waals surface area contributed by atoms with Gasteiger partial charge in [-0.15, -0.1) is 0 Å². The maximum atomic E-state index is 13.6. The van der Waals surface area contributed by atoms with Crippen LogP contribution in [-0.4, -0.2) is 38.5 Å². The monoisotopic (exact) mass is 375 g/mol. The molecule has 0 spiro atoms. The van der Waals surface area contributed by atoms with E-state index in [1.165, 1.54) is 11.1 Å². The van der Waals surface area contributed by atoms with Crippen LogP contribution in [0.1, 0.15) is 48.2 Å². The number of nitrogens with zero attached hydrogens (tertiary/aromatic N) is 2. The van der Waals surface area contributed by atoms with E-state index >= 15 is 0 Å². The number of phenols is 1. The molecular weight excluding hydrogens is 350 g/mol. The summed E-state index contributed by atoms with van der Waals surface area (Å²) in [6.45, 7) is 7.54. The molecule has 5 rings (SSSR count). The molecule has 28 heavy (non-hydrogen) atoms. The predicted octanol–water partition coefficient (Wildman–Crippen LogP) is 4.10. The van der Waals surface area contributed by atoms with Crippen LogP contribution in [0.2, 0.25) is 0 Å². The fraction of sp³-hybridized carbons (Fsp3) is 0.391. The lowest BCUT2D eigenvalue weighted by molar-refractivity contribution is 0.00821. The van der Waals surface area contributed by atoms with E-state index in [9.17, 15) is 9.90 Å². The van der Waals surface area contributed by atoms with Crippen LogP contribution in [0.5, 0.6) is 5.75 Å². The number of hydrogen-bond donors (Lipinski definition) is 2. The van der Waals surface area contributed by atoms with Crippen molar-refractivity contribution in [3.05, 3.63) is 59.4 Å². The Morgan fingerprint density at radius 3 is 2.89 bits per heavy atom. The Hall–Kier alpha value is -2.82.